The van der Waals surface area contributed by atoms with Gasteiger partial charge in [0, 0.05) is 3.57 Å². The van der Waals surface area contributed by atoms with E-state index in [1.807, 2.05) is 22.6 Å². The van der Waals surface area contributed by atoms with Crippen LogP contribution >= 0.6 is 45.2 Å². The molecule has 0 heterocycles. The van der Waals surface area contributed by atoms with Gasteiger partial charge in [-0.25, -0.2) is 4.79 Å². The van der Waals surface area contributed by atoms with Crippen molar-refractivity contribution in [2.75, 3.05) is 7.11 Å². The maximum absolute atomic E-state index is 10.7. The van der Waals surface area contributed by atoms with Crippen LogP contribution in [-0.4, -0.2) is 18.2 Å². The van der Waals surface area contributed by atoms with E-state index in [9.17, 15) is 4.79 Å². The molecule has 13 heavy (non-hydrogen) atoms. The van der Waals surface area contributed by atoms with E-state index in [2.05, 4.69) is 22.6 Å². The van der Waals surface area contributed by atoms with Crippen molar-refractivity contribution in [1.29, 1.82) is 0 Å². The fraction of sp³-hybridized carbons (Fsp3) is 0.125. The number of benzene rings is 1. The maximum atomic E-state index is 10.7. The molecule has 5 heteroatoms. The summed E-state index contributed by atoms with van der Waals surface area (Å²) >= 11 is 4.10. The normalized spacial score (nSPS) is 9.77. The Morgan fingerprint density at radius 2 is 2.00 bits per heavy atom. The highest BCUT2D eigenvalue weighted by Gasteiger charge is 2.12. The summed E-state index contributed by atoms with van der Waals surface area (Å²) in [6.45, 7) is 0. The minimum absolute atomic E-state index is 0.276. The highest BCUT2D eigenvalue weighted by molar-refractivity contribution is 14.1. The number of hydrogen-bond donors (Lipinski definition) is 1. The first-order valence-electron chi connectivity index (χ1n) is 3.32. The number of carboxylic acid groups (broad SMARTS) is 1. The molecular formula is C8H6I2O3. The molecule has 0 saturated heterocycles. The Balaban J connectivity index is 3.30. The van der Waals surface area contributed by atoms with E-state index < -0.39 is 5.97 Å². The second-order valence-corrected chi connectivity index (χ2v) is 4.60. The smallest absolute Gasteiger partial charge is 0.336 e. The van der Waals surface area contributed by atoms with Crippen molar-refractivity contribution in [2.45, 2.75) is 0 Å². The molecule has 0 aliphatic rings. The van der Waals surface area contributed by atoms with E-state index in [-0.39, 0.29) is 5.56 Å². The summed E-state index contributed by atoms with van der Waals surface area (Å²) in [4.78, 5) is 10.7. The highest BCUT2D eigenvalue weighted by atomic mass is 127. The van der Waals surface area contributed by atoms with E-state index in [0.717, 1.165) is 7.14 Å². The number of hydrogen-bond acceptors (Lipinski definition) is 2. The van der Waals surface area contributed by atoms with E-state index in [1.165, 1.54) is 13.2 Å². The van der Waals surface area contributed by atoms with Gasteiger partial charge >= 0.3 is 5.97 Å². The quantitative estimate of drug-likeness (QED) is 0.772. The van der Waals surface area contributed by atoms with E-state index >= 15 is 0 Å². The Morgan fingerprint density at radius 1 is 1.38 bits per heavy atom. The first kappa shape index (κ1) is 11.0. The lowest BCUT2D eigenvalue weighted by atomic mass is 10.2. The fourth-order valence-electron chi connectivity index (χ4n) is 0.849. The van der Waals surface area contributed by atoms with Crippen LogP contribution in [0.2, 0.25) is 0 Å². The van der Waals surface area contributed by atoms with Crippen molar-refractivity contribution in [1.82, 2.24) is 0 Å². The van der Waals surface area contributed by atoms with Crippen molar-refractivity contribution in [3.8, 4) is 5.75 Å². The van der Waals surface area contributed by atoms with E-state index in [0.29, 0.717) is 5.75 Å². The lowest BCUT2D eigenvalue weighted by molar-refractivity contribution is 0.0695. The molecule has 0 amide bonds. The molecule has 0 unspecified atom stereocenters. The van der Waals surface area contributed by atoms with Gasteiger partial charge in [0.25, 0.3) is 0 Å². The van der Waals surface area contributed by atoms with Crippen LogP contribution in [0.4, 0.5) is 0 Å². The molecule has 0 aromatic heterocycles. The summed E-state index contributed by atoms with van der Waals surface area (Å²) in [5, 5.41) is 8.81. The Morgan fingerprint density at radius 3 is 2.46 bits per heavy atom. The molecule has 3 nitrogen and oxygen atoms in total. The molecule has 1 aromatic rings. The molecule has 1 aromatic carbocycles. The van der Waals surface area contributed by atoms with Gasteiger partial charge in [0.15, 0.2) is 0 Å². The first-order valence-corrected chi connectivity index (χ1v) is 5.48. The topological polar surface area (TPSA) is 46.5 Å². The summed E-state index contributed by atoms with van der Waals surface area (Å²) in [6, 6.07) is 3.31. The van der Waals surface area contributed by atoms with Gasteiger partial charge in [-0.2, -0.15) is 0 Å². The Bertz CT molecular complexity index is 349. The van der Waals surface area contributed by atoms with Crippen LogP contribution in [0.25, 0.3) is 0 Å². The molecule has 0 saturated carbocycles. The average molecular weight is 404 g/mol. The van der Waals surface area contributed by atoms with Crippen LogP contribution in [0.15, 0.2) is 12.1 Å². The van der Waals surface area contributed by atoms with Crippen molar-refractivity contribution in [3.05, 3.63) is 24.8 Å². The summed E-state index contributed by atoms with van der Waals surface area (Å²) in [5.74, 6) is -0.336. The zero-order chi connectivity index (χ0) is 10.0. The molecular weight excluding hydrogens is 398 g/mol. The minimum atomic E-state index is -0.931. The monoisotopic (exact) mass is 404 g/mol. The van der Waals surface area contributed by atoms with Gasteiger partial charge in [-0.1, -0.05) is 0 Å². The molecule has 0 atom stereocenters. The maximum Gasteiger partial charge on any atom is 0.336 e. The van der Waals surface area contributed by atoms with Crippen LogP contribution in [0.3, 0.4) is 0 Å². The standard InChI is InChI=1S/C8H6I2O3/c1-13-7-2-4(8(11)12)5(9)3-6(7)10/h2-3H,1H3,(H,11,12). The number of ether oxygens (including phenoxy) is 1. The molecule has 0 spiro atoms. The lowest BCUT2D eigenvalue weighted by Crippen LogP contribution is -2.01. The van der Waals surface area contributed by atoms with Crippen LogP contribution in [-0.2, 0) is 0 Å². The third-order valence-corrected chi connectivity index (χ3v) is 3.21. The van der Waals surface area contributed by atoms with Gasteiger partial charge in [-0.15, -0.1) is 0 Å². The van der Waals surface area contributed by atoms with Crippen LogP contribution in [0.1, 0.15) is 10.4 Å². The van der Waals surface area contributed by atoms with Crippen LogP contribution in [0, 0.1) is 7.14 Å². The SMILES string of the molecule is COc1cc(C(=O)O)c(I)cc1I. The second kappa shape index (κ2) is 4.45. The third-order valence-electron chi connectivity index (χ3n) is 1.47. The average Bonchev–Trinajstić information content (AvgIpc) is 2.03. The molecule has 0 radical (unpaired) electrons. The fourth-order valence-corrected chi connectivity index (χ4v) is 2.83. The van der Waals surface area contributed by atoms with Crippen molar-refractivity contribution in [2.24, 2.45) is 0 Å². The van der Waals surface area contributed by atoms with Crippen LogP contribution < -0.4 is 4.74 Å². The number of rotatable bonds is 2. The summed E-state index contributed by atoms with van der Waals surface area (Å²) in [7, 11) is 1.52. The third kappa shape index (κ3) is 2.46. The zero-order valence-corrected chi connectivity index (χ0v) is 11.0. The van der Waals surface area contributed by atoms with Gasteiger partial charge in [0.2, 0.25) is 0 Å². The van der Waals surface area contributed by atoms with Gasteiger partial charge in [-0.3, -0.25) is 0 Å². The predicted octanol–water partition coefficient (Wildman–Crippen LogP) is 2.60. The molecule has 0 bridgehead atoms. The lowest BCUT2D eigenvalue weighted by Gasteiger charge is -2.05. The van der Waals surface area contributed by atoms with E-state index in [1.54, 1.807) is 6.07 Å². The Hall–Kier alpha value is -0.0500. The van der Waals surface area contributed by atoms with Gasteiger partial charge in [0.05, 0.1) is 16.2 Å². The molecule has 70 valence electrons. The van der Waals surface area contributed by atoms with Crippen LogP contribution in [0.5, 0.6) is 5.75 Å². The number of halogens is 2. The summed E-state index contributed by atoms with van der Waals surface area (Å²) in [5.41, 5.74) is 0.276. The predicted molar refractivity (Wildman–Crippen MR) is 65.4 cm³/mol. The Kier molecular flexibility index (Phi) is 3.77. The minimum Gasteiger partial charge on any atom is -0.496 e. The summed E-state index contributed by atoms with van der Waals surface area (Å²) in [6.07, 6.45) is 0. The molecule has 1 rings (SSSR count). The second-order valence-electron chi connectivity index (χ2n) is 2.27. The molecule has 0 aliphatic heterocycles. The first-order chi connectivity index (χ1) is 6.06. The summed E-state index contributed by atoms with van der Waals surface area (Å²) < 4.78 is 6.65. The number of carbonyl (C=O) groups is 1. The van der Waals surface area contributed by atoms with Crippen molar-refractivity contribution in [3.63, 3.8) is 0 Å². The van der Waals surface area contributed by atoms with Crippen molar-refractivity contribution < 1.29 is 14.6 Å². The molecule has 1 N–H and O–H groups in total. The molecule has 0 aliphatic carbocycles. The molecule has 0 fully saturated rings. The van der Waals surface area contributed by atoms with E-state index in [4.69, 9.17) is 9.84 Å². The number of methoxy groups -OCH3 is 1. The largest absolute Gasteiger partial charge is 0.496 e. The number of carboxylic acids is 1. The Labute approximate surface area is 103 Å². The van der Waals surface area contributed by atoms with Gasteiger partial charge in [0.1, 0.15) is 5.75 Å². The van der Waals surface area contributed by atoms with Gasteiger partial charge in [-0.05, 0) is 57.3 Å². The van der Waals surface area contributed by atoms with Crippen molar-refractivity contribution >= 4 is 51.2 Å². The highest BCUT2D eigenvalue weighted by Crippen LogP contribution is 2.26. The zero-order valence-electron chi connectivity index (χ0n) is 6.67. The number of aromatic carboxylic acids is 1. The van der Waals surface area contributed by atoms with Gasteiger partial charge < -0.3 is 9.84 Å².